The van der Waals surface area contributed by atoms with Crippen molar-refractivity contribution in [3.05, 3.63) is 59.7 Å². The minimum Gasteiger partial charge on any atom is -0.493 e. The number of carbonyl (C=O) groups excluding carboxylic acids is 2. The Morgan fingerprint density at radius 1 is 1.12 bits per heavy atom. The highest BCUT2D eigenvalue weighted by atomic mass is 16.5. The number of amides is 2. The smallest absolute Gasteiger partial charge is 0.304 e. The van der Waals surface area contributed by atoms with Crippen LogP contribution in [0.5, 0.6) is 11.5 Å². The van der Waals surface area contributed by atoms with E-state index in [9.17, 15) is 19.5 Å². The zero-order valence-electron chi connectivity index (χ0n) is 24.3. The molecule has 1 aromatic carbocycles. The van der Waals surface area contributed by atoms with Crippen LogP contribution in [0.1, 0.15) is 62.9 Å². The van der Waals surface area contributed by atoms with Gasteiger partial charge in [0.1, 0.15) is 6.54 Å². The van der Waals surface area contributed by atoms with E-state index >= 15 is 0 Å². The lowest BCUT2D eigenvalue weighted by molar-refractivity contribution is -0.143. The van der Waals surface area contributed by atoms with Gasteiger partial charge >= 0.3 is 5.97 Å². The summed E-state index contributed by atoms with van der Waals surface area (Å²) in [4.78, 5) is 49.5. The van der Waals surface area contributed by atoms with Crippen molar-refractivity contribution < 1.29 is 29.0 Å². The lowest BCUT2D eigenvalue weighted by Crippen LogP contribution is -2.45. The van der Waals surface area contributed by atoms with Crippen LogP contribution in [-0.4, -0.2) is 69.1 Å². The van der Waals surface area contributed by atoms with E-state index in [-0.39, 0.29) is 18.0 Å². The third-order valence-electron chi connectivity index (χ3n) is 7.46. The molecule has 2 N–H and O–H groups in total. The summed E-state index contributed by atoms with van der Waals surface area (Å²) in [5.74, 6) is -1.95. The Labute approximate surface area is 239 Å². The van der Waals surface area contributed by atoms with E-state index in [2.05, 4.69) is 17.2 Å². The first-order valence-corrected chi connectivity index (χ1v) is 13.5. The molecule has 1 saturated carbocycles. The van der Waals surface area contributed by atoms with Gasteiger partial charge in [-0.1, -0.05) is 13.0 Å². The molecule has 0 radical (unpaired) electrons. The zero-order valence-corrected chi connectivity index (χ0v) is 24.3. The zero-order chi connectivity index (χ0) is 29.9. The fourth-order valence-corrected chi connectivity index (χ4v) is 4.63. The number of anilines is 1. The van der Waals surface area contributed by atoms with Crippen molar-refractivity contribution in [3.63, 3.8) is 0 Å². The van der Waals surface area contributed by atoms with Crippen molar-refractivity contribution in [2.45, 2.75) is 64.3 Å². The van der Waals surface area contributed by atoms with Gasteiger partial charge in [-0.3, -0.25) is 29.3 Å². The van der Waals surface area contributed by atoms with Crippen LogP contribution in [0.25, 0.3) is 5.69 Å². The Kier molecular flexibility index (Phi) is 8.65. The van der Waals surface area contributed by atoms with Crippen LogP contribution < -0.4 is 14.8 Å². The first-order valence-electron chi connectivity index (χ1n) is 13.5. The summed E-state index contributed by atoms with van der Waals surface area (Å²) in [6.45, 7) is 7.30. The summed E-state index contributed by atoms with van der Waals surface area (Å²) < 4.78 is 12.4. The minimum atomic E-state index is -1.14. The number of carboxylic acid groups (broad SMARTS) is 1. The highest BCUT2D eigenvalue weighted by Gasteiger charge is 2.42. The largest absolute Gasteiger partial charge is 0.493 e. The molecule has 1 aliphatic rings. The van der Waals surface area contributed by atoms with Crippen LogP contribution in [0.2, 0.25) is 0 Å². The van der Waals surface area contributed by atoms with Gasteiger partial charge in [0, 0.05) is 23.3 Å². The van der Waals surface area contributed by atoms with Gasteiger partial charge in [0.15, 0.2) is 11.5 Å². The third kappa shape index (κ3) is 6.67. The predicted molar refractivity (Wildman–Crippen MR) is 153 cm³/mol. The van der Waals surface area contributed by atoms with Gasteiger partial charge in [0.2, 0.25) is 17.8 Å². The molecular weight excluding hydrogens is 526 g/mol. The Bertz CT molecular complexity index is 1430. The molecule has 2 heterocycles. The number of nitrogens with one attached hydrogen (secondary N) is 1. The number of carbonyl (C=O) groups is 3. The van der Waals surface area contributed by atoms with E-state index in [1.165, 1.54) is 19.1 Å². The third-order valence-corrected chi connectivity index (χ3v) is 7.46. The van der Waals surface area contributed by atoms with E-state index in [0.29, 0.717) is 23.0 Å². The monoisotopic (exact) mass is 563 g/mol. The van der Waals surface area contributed by atoms with Gasteiger partial charge in [0.25, 0.3) is 0 Å². The number of methoxy groups -OCH3 is 2. The normalized spacial score (nSPS) is 14.3. The molecule has 11 heteroatoms. The maximum absolute atomic E-state index is 13.8. The number of rotatable bonds is 12. The summed E-state index contributed by atoms with van der Waals surface area (Å²) in [5.41, 5.74) is 2.91. The topological polar surface area (TPSA) is 136 Å². The van der Waals surface area contributed by atoms with Crippen molar-refractivity contribution >= 4 is 23.7 Å². The molecule has 1 fully saturated rings. The number of hydrogen-bond acceptors (Lipinski definition) is 7. The van der Waals surface area contributed by atoms with Gasteiger partial charge in [-0.05, 0) is 63.4 Å². The maximum Gasteiger partial charge on any atom is 0.304 e. The average molecular weight is 564 g/mol. The van der Waals surface area contributed by atoms with Crippen LogP contribution in [0.3, 0.4) is 0 Å². The van der Waals surface area contributed by atoms with Gasteiger partial charge in [-0.15, -0.1) is 0 Å². The van der Waals surface area contributed by atoms with Crippen molar-refractivity contribution in [2.75, 3.05) is 26.1 Å². The number of ether oxygens (including phenoxy) is 2. The van der Waals surface area contributed by atoms with E-state index in [4.69, 9.17) is 14.5 Å². The standard InChI is InChI=1S/C30H37N5O6/c1-18(2)34(28(39)22(14-27(37)38)20-8-10-23(40-5)24(13-20)41-6)17-26(36)33-29-32-25(30(4)11-12-30)16-35(29)21-9-7-19(3)31-15-21/h7-10,13,15-16,18,22H,11-12,14,17H2,1-6H3,(H,37,38)(H,32,33,36). The number of imidazole rings is 1. The van der Waals surface area contributed by atoms with Crippen molar-refractivity contribution in [2.24, 2.45) is 0 Å². The second-order valence-electron chi connectivity index (χ2n) is 10.9. The van der Waals surface area contributed by atoms with Crippen molar-refractivity contribution in [3.8, 4) is 17.2 Å². The average Bonchev–Trinajstić information content (AvgIpc) is 3.55. The Morgan fingerprint density at radius 2 is 1.83 bits per heavy atom. The minimum absolute atomic E-state index is 0.0355. The molecule has 0 bridgehead atoms. The maximum atomic E-state index is 13.8. The number of aliphatic carboxylic acids is 1. The molecule has 2 amide bonds. The van der Waals surface area contributed by atoms with Gasteiger partial charge < -0.3 is 19.5 Å². The van der Waals surface area contributed by atoms with Crippen molar-refractivity contribution in [1.29, 1.82) is 0 Å². The van der Waals surface area contributed by atoms with E-state index in [0.717, 1.165) is 29.9 Å². The molecule has 3 aromatic rings. The molecule has 0 spiro atoms. The number of aryl methyl sites for hydroxylation is 1. The number of pyridine rings is 1. The summed E-state index contributed by atoms with van der Waals surface area (Å²) in [6.07, 6.45) is 5.21. The summed E-state index contributed by atoms with van der Waals surface area (Å²) in [7, 11) is 2.96. The van der Waals surface area contributed by atoms with Gasteiger partial charge in [-0.25, -0.2) is 4.98 Å². The first kappa shape index (κ1) is 29.6. The van der Waals surface area contributed by atoms with E-state index < -0.39 is 30.1 Å². The van der Waals surface area contributed by atoms with Crippen LogP contribution in [-0.2, 0) is 19.8 Å². The number of nitrogens with zero attached hydrogens (tertiary/aromatic N) is 4. The van der Waals surface area contributed by atoms with E-state index in [1.54, 1.807) is 42.8 Å². The second-order valence-corrected chi connectivity index (χ2v) is 10.9. The van der Waals surface area contributed by atoms with Gasteiger partial charge in [0.05, 0.1) is 44.1 Å². The second kappa shape index (κ2) is 12.0. The Balaban J connectivity index is 1.60. The summed E-state index contributed by atoms with van der Waals surface area (Å²) >= 11 is 0. The Morgan fingerprint density at radius 3 is 2.39 bits per heavy atom. The molecule has 1 atom stereocenters. The molecule has 0 saturated heterocycles. The fourth-order valence-electron chi connectivity index (χ4n) is 4.63. The highest BCUT2D eigenvalue weighted by molar-refractivity contribution is 5.96. The molecule has 2 aromatic heterocycles. The molecule has 41 heavy (non-hydrogen) atoms. The number of carboxylic acids is 1. The SMILES string of the molecule is COc1ccc(C(CC(=O)O)C(=O)N(CC(=O)Nc2nc(C3(C)CC3)cn2-c2ccc(C)nc2)C(C)C)cc1OC. The van der Waals surface area contributed by atoms with Crippen molar-refractivity contribution in [1.82, 2.24) is 19.4 Å². The lowest BCUT2D eigenvalue weighted by Gasteiger charge is -2.30. The number of hydrogen-bond donors (Lipinski definition) is 2. The van der Waals surface area contributed by atoms with Crippen LogP contribution in [0, 0.1) is 6.92 Å². The molecular formula is C30H37N5O6. The van der Waals surface area contributed by atoms with Crippen LogP contribution >= 0.6 is 0 Å². The van der Waals surface area contributed by atoms with Crippen LogP contribution in [0.4, 0.5) is 5.95 Å². The molecule has 4 rings (SSSR count). The summed E-state index contributed by atoms with van der Waals surface area (Å²) in [6, 6.07) is 8.26. The first-order chi connectivity index (χ1) is 19.4. The predicted octanol–water partition coefficient (Wildman–Crippen LogP) is 4.08. The molecule has 1 unspecified atom stereocenters. The van der Waals surface area contributed by atoms with Gasteiger partial charge in [-0.2, -0.15) is 0 Å². The molecule has 11 nitrogen and oxygen atoms in total. The van der Waals surface area contributed by atoms with Crippen LogP contribution in [0.15, 0.2) is 42.7 Å². The molecule has 218 valence electrons. The number of benzene rings is 1. The molecule has 1 aliphatic carbocycles. The quantitative estimate of drug-likeness (QED) is 0.337. The van der Waals surface area contributed by atoms with E-state index in [1.807, 2.05) is 25.3 Å². The Hall–Kier alpha value is -4.41. The molecule has 0 aliphatic heterocycles. The number of aromatic nitrogens is 3. The fraction of sp³-hybridized carbons (Fsp3) is 0.433. The highest BCUT2D eigenvalue weighted by Crippen LogP contribution is 2.47. The lowest BCUT2D eigenvalue weighted by atomic mass is 9.93. The summed E-state index contributed by atoms with van der Waals surface area (Å²) in [5, 5.41) is 12.5.